The maximum absolute atomic E-state index is 12.9. The highest BCUT2D eigenvalue weighted by Crippen LogP contribution is 2.50. The van der Waals surface area contributed by atoms with Crippen molar-refractivity contribution in [3.63, 3.8) is 0 Å². The number of nitrogens with one attached hydrogen (secondary N) is 1. The van der Waals surface area contributed by atoms with Crippen molar-refractivity contribution in [2.24, 2.45) is 29.6 Å². The van der Waals surface area contributed by atoms with Crippen molar-refractivity contribution >= 4 is 12.1 Å². The third-order valence-corrected chi connectivity index (χ3v) is 11.2. The zero-order valence-corrected chi connectivity index (χ0v) is 31.2. The molecule has 0 spiro atoms. The first-order valence-electron chi connectivity index (χ1n) is 19.6. The van der Waals surface area contributed by atoms with Crippen LogP contribution in [0.2, 0.25) is 0 Å². The van der Waals surface area contributed by atoms with Gasteiger partial charge in [0.05, 0.1) is 13.2 Å². The topological polar surface area (TPSA) is 94.1 Å². The quantitative estimate of drug-likeness (QED) is 0.0772. The van der Waals surface area contributed by atoms with Crippen molar-refractivity contribution in [1.82, 2.24) is 5.32 Å². The maximum atomic E-state index is 12.9. The van der Waals surface area contributed by atoms with Crippen LogP contribution in [0.15, 0.2) is 78.0 Å². The number of hydrogen-bond acceptors (Lipinski definition) is 6. The number of benzene rings is 1. The Balaban J connectivity index is 1.10. The molecule has 7 nitrogen and oxygen atoms in total. The number of carbonyl (C=O) groups excluding carboxylic acids is 2. The molecule has 51 heavy (non-hydrogen) atoms. The number of methoxy groups -OCH3 is 1. The Labute approximate surface area is 306 Å². The Hall–Kier alpha value is -3.58. The molecule has 4 saturated carbocycles. The average molecular weight is 700 g/mol. The lowest BCUT2D eigenvalue weighted by Crippen LogP contribution is -2.32. The third kappa shape index (κ3) is 12.0. The van der Waals surface area contributed by atoms with Crippen molar-refractivity contribution in [1.29, 1.82) is 0 Å². The zero-order valence-electron chi connectivity index (χ0n) is 31.2. The van der Waals surface area contributed by atoms with Crippen LogP contribution < -0.4 is 14.8 Å². The van der Waals surface area contributed by atoms with Crippen LogP contribution in [0.4, 0.5) is 4.79 Å². The van der Waals surface area contributed by atoms with Gasteiger partial charge in [-0.3, -0.25) is 4.79 Å². The van der Waals surface area contributed by atoms with Gasteiger partial charge in [0.25, 0.3) is 0 Å². The second-order valence-electron chi connectivity index (χ2n) is 15.6. The predicted molar refractivity (Wildman–Crippen MR) is 203 cm³/mol. The van der Waals surface area contributed by atoms with Crippen molar-refractivity contribution in [2.75, 3.05) is 7.11 Å². The van der Waals surface area contributed by atoms with Gasteiger partial charge in [-0.2, -0.15) is 0 Å². The molecular weight excluding hydrogens is 638 g/mol. The van der Waals surface area contributed by atoms with Crippen LogP contribution >= 0.6 is 0 Å². The summed E-state index contributed by atoms with van der Waals surface area (Å²) in [6.07, 6.45) is 27.0. The molecule has 4 aliphatic carbocycles. The van der Waals surface area contributed by atoms with E-state index in [1.54, 1.807) is 18.2 Å². The fourth-order valence-corrected chi connectivity index (χ4v) is 8.09. The number of fused-ring (bicyclic) bond motifs is 1. The summed E-state index contributed by atoms with van der Waals surface area (Å²) >= 11 is 0. The van der Waals surface area contributed by atoms with Gasteiger partial charge < -0.3 is 24.6 Å². The second kappa shape index (κ2) is 19.3. The number of amides is 1. The van der Waals surface area contributed by atoms with E-state index in [1.807, 2.05) is 0 Å². The summed E-state index contributed by atoms with van der Waals surface area (Å²) in [4.78, 5) is 25.3. The number of aliphatic hydroxyl groups excluding tert-OH is 1. The first-order valence-corrected chi connectivity index (χ1v) is 19.6. The molecule has 1 amide bonds. The Bertz CT molecular complexity index is 1470. The molecule has 278 valence electrons. The van der Waals surface area contributed by atoms with Gasteiger partial charge in [0.15, 0.2) is 11.5 Å². The minimum Gasteiger partial charge on any atom is -0.493 e. The highest BCUT2D eigenvalue weighted by atomic mass is 16.7. The Kier molecular flexibility index (Phi) is 14.6. The van der Waals surface area contributed by atoms with E-state index in [2.05, 4.69) is 62.2 Å². The lowest BCUT2D eigenvalue weighted by atomic mass is 9.74. The third-order valence-electron chi connectivity index (χ3n) is 11.2. The van der Waals surface area contributed by atoms with E-state index < -0.39 is 18.4 Å². The van der Waals surface area contributed by atoms with E-state index in [4.69, 9.17) is 14.2 Å². The van der Waals surface area contributed by atoms with Crippen molar-refractivity contribution in [2.45, 2.75) is 129 Å². The molecule has 0 bridgehead atoms. The van der Waals surface area contributed by atoms with Gasteiger partial charge in [0.1, 0.15) is 6.10 Å². The number of carbonyl (C=O) groups is 2. The molecule has 4 fully saturated rings. The number of unbranched alkanes of at least 4 members (excludes halogenated alkanes) is 2. The fraction of sp³-hybridized carbons (Fsp3) is 0.591. The monoisotopic (exact) mass is 699 g/mol. The molecule has 0 aromatic heterocycles. The van der Waals surface area contributed by atoms with Crippen molar-refractivity contribution in [3.8, 4) is 11.5 Å². The van der Waals surface area contributed by atoms with Gasteiger partial charge in [0.2, 0.25) is 5.91 Å². The molecule has 0 heterocycles. The zero-order chi connectivity index (χ0) is 36.2. The van der Waals surface area contributed by atoms with Crippen LogP contribution in [0.1, 0.15) is 116 Å². The number of ether oxygens (including phenoxy) is 3. The Morgan fingerprint density at radius 1 is 1.02 bits per heavy atom. The lowest BCUT2D eigenvalue weighted by molar-refractivity contribution is -0.121. The van der Waals surface area contributed by atoms with E-state index in [0.29, 0.717) is 42.5 Å². The van der Waals surface area contributed by atoms with Crippen LogP contribution in [-0.2, 0) is 16.1 Å². The van der Waals surface area contributed by atoms with E-state index in [-0.39, 0.29) is 18.1 Å². The minimum absolute atomic E-state index is 0.00470. The Morgan fingerprint density at radius 3 is 2.63 bits per heavy atom. The molecule has 0 aliphatic heterocycles. The SMILES string of the molecule is C=C1C(=CC=C2CCCC3[C@@H](CC=CCC4CC4)CC[C@@H]23)C[C@@H](OC(=O)Oc2ccc(CNC(=O)CCCCC=CC(C)C)cc2OC)C[C@@H]1O. The van der Waals surface area contributed by atoms with Gasteiger partial charge in [-0.25, -0.2) is 4.79 Å². The summed E-state index contributed by atoms with van der Waals surface area (Å²) in [6, 6.07) is 5.18. The highest BCUT2D eigenvalue weighted by Gasteiger charge is 2.39. The van der Waals surface area contributed by atoms with Crippen LogP contribution in [0.3, 0.4) is 0 Å². The summed E-state index contributed by atoms with van der Waals surface area (Å²) in [5.41, 5.74) is 3.97. The number of rotatable bonds is 16. The molecule has 7 heteroatoms. The first-order chi connectivity index (χ1) is 24.7. The fourth-order valence-electron chi connectivity index (χ4n) is 8.09. The van der Waals surface area contributed by atoms with E-state index >= 15 is 0 Å². The molecule has 5 rings (SSSR count). The average Bonchev–Trinajstić information content (AvgIpc) is 3.85. The molecule has 2 N–H and O–H groups in total. The maximum Gasteiger partial charge on any atom is 0.514 e. The van der Waals surface area contributed by atoms with Gasteiger partial charge >= 0.3 is 6.16 Å². The van der Waals surface area contributed by atoms with Crippen LogP contribution in [0.25, 0.3) is 0 Å². The minimum atomic E-state index is -0.849. The van der Waals surface area contributed by atoms with Crippen LogP contribution in [-0.4, -0.2) is 36.5 Å². The summed E-state index contributed by atoms with van der Waals surface area (Å²) in [5, 5.41) is 13.8. The number of hydrogen-bond donors (Lipinski definition) is 2. The van der Waals surface area contributed by atoms with E-state index in [1.165, 1.54) is 64.0 Å². The molecule has 1 aromatic rings. The number of allylic oxidation sites excluding steroid dienone is 7. The molecule has 0 saturated heterocycles. The van der Waals surface area contributed by atoms with Gasteiger partial charge in [-0.05, 0) is 135 Å². The second-order valence-corrected chi connectivity index (χ2v) is 15.6. The molecule has 1 aromatic carbocycles. The summed E-state index contributed by atoms with van der Waals surface area (Å²) in [7, 11) is 1.51. The molecule has 0 radical (unpaired) electrons. The van der Waals surface area contributed by atoms with Crippen molar-refractivity contribution in [3.05, 3.63) is 83.5 Å². The van der Waals surface area contributed by atoms with Crippen molar-refractivity contribution < 1.29 is 28.9 Å². The summed E-state index contributed by atoms with van der Waals surface area (Å²) in [6.45, 7) is 8.83. The highest BCUT2D eigenvalue weighted by molar-refractivity contribution is 5.75. The largest absolute Gasteiger partial charge is 0.514 e. The Morgan fingerprint density at radius 2 is 1.84 bits per heavy atom. The standard InChI is InChI=1S/C44H61NO6/c1-30(2)12-7-5-6-8-17-43(47)45-29-33-20-25-41(42(26-33)49-4)51-44(48)50-37-27-36(31(3)40(46)28-37)22-21-35-15-11-16-38-34(23-24-39(35)38)14-10-9-13-32-18-19-32/h7,9-10,12,20-22,25-26,30,32,34,37-40,46H,3,5-6,8,11,13-19,23-24,27-29H2,1-2,4H3,(H,45,47)/t34-,37+,38?,39-,40-/m0/s1. The van der Waals surface area contributed by atoms with Gasteiger partial charge in [0, 0.05) is 25.8 Å². The predicted octanol–water partition coefficient (Wildman–Crippen LogP) is 10.1. The molecular formula is C44H61NO6. The van der Waals surface area contributed by atoms with Gasteiger partial charge in [-0.1, -0.05) is 68.5 Å². The van der Waals surface area contributed by atoms with E-state index in [0.717, 1.165) is 54.6 Å². The molecule has 4 aliphatic rings. The summed E-state index contributed by atoms with van der Waals surface area (Å²) in [5.74, 6) is 4.30. The van der Waals surface area contributed by atoms with Gasteiger partial charge in [-0.15, -0.1) is 0 Å². The first kappa shape index (κ1) is 38.6. The smallest absolute Gasteiger partial charge is 0.493 e. The number of aliphatic hydroxyl groups is 1. The van der Waals surface area contributed by atoms with Crippen LogP contribution in [0.5, 0.6) is 11.5 Å². The van der Waals surface area contributed by atoms with Crippen LogP contribution in [0, 0.1) is 29.6 Å². The molecule has 1 unspecified atom stereocenters. The molecule has 5 atom stereocenters. The normalized spacial score (nSPS) is 26.7. The van der Waals surface area contributed by atoms with E-state index in [9.17, 15) is 14.7 Å². The summed E-state index contributed by atoms with van der Waals surface area (Å²) < 4.78 is 16.8. The lowest BCUT2D eigenvalue weighted by Gasteiger charge is -2.32.